The Morgan fingerprint density at radius 1 is 1.32 bits per heavy atom. The molecular formula is C22H29N5O. The fraction of sp³-hybridized carbons (Fsp3) is 0.500. The molecule has 1 aromatic carbocycles. The molecule has 2 aromatic rings. The number of nitrogens with zero attached hydrogens (tertiary/aromatic N) is 4. The molecular weight excluding hydrogens is 350 g/mol. The Bertz CT molecular complexity index is 829. The van der Waals surface area contributed by atoms with Gasteiger partial charge >= 0.3 is 0 Å². The second-order valence-electron chi connectivity index (χ2n) is 7.34. The lowest BCUT2D eigenvalue weighted by molar-refractivity contribution is 0.262. The van der Waals surface area contributed by atoms with E-state index in [0.29, 0.717) is 12.0 Å². The van der Waals surface area contributed by atoms with E-state index in [0.717, 1.165) is 66.7 Å². The van der Waals surface area contributed by atoms with Gasteiger partial charge in [0.2, 0.25) is 5.95 Å². The van der Waals surface area contributed by atoms with Crippen molar-refractivity contribution >= 4 is 17.3 Å². The van der Waals surface area contributed by atoms with Crippen LogP contribution in [0.1, 0.15) is 55.7 Å². The van der Waals surface area contributed by atoms with Crippen LogP contribution in [-0.2, 0) is 6.42 Å². The maximum Gasteiger partial charge on any atom is 0.227 e. The van der Waals surface area contributed by atoms with Crippen LogP contribution in [0.2, 0.25) is 0 Å². The van der Waals surface area contributed by atoms with Gasteiger partial charge in [-0.2, -0.15) is 5.26 Å². The first-order valence-corrected chi connectivity index (χ1v) is 10.2. The average molecular weight is 380 g/mol. The molecule has 2 heterocycles. The summed E-state index contributed by atoms with van der Waals surface area (Å²) in [6, 6.07) is 6.65. The lowest BCUT2D eigenvalue weighted by Crippen LogP contribution is -2.40. The minimum absolute atomic E-state index is 0.183. The fourth-order valence-electron chi connectivity index (χ4n) is 4.12. The van der Waals surface area contributed by atoms with Crippen molar-refractivity contribution in [2.24, 2.45) is 0 Å². The monoisotopic (exact) mass is 379 g/mol. The minimum atomic E-state index is 0.183. The Balaban J connectivity index is 2.13. The molecule has 0 amide bonds. The summed E-state index contributed by atoms with van der Waals surface area (Å²) < 4.78 is 0. The van der Waals surface area contributed by atoms with Gasteiger partial charge in [0, 0.05) is 31.6 Å². The van der Waals surface area contributed by atoms with Crippen molar-refractivity contribution in [1.29, 1.82) is 5.26 Å². The lowest BCUT2D eigenvalue weighted by atomic mass is 9.93. The first-order valence-electron chi connectivity index (χ1n) is 10.2. The Morgan fingerprint density at radius 3 is 2.79 bits per heavy atom. The van der Waals surface area contributed by atoms with Gasteiger partial charge in [-0.05, 0) is 62.3 Å². The van der Waals surface area contributed by atoms with Crippen LogP contribution >= 0.6 is 0 Å². The molecule has 0 radical (unpaired) electrons. The van der Waals surface area contributed by atoms with Crippen LogP contribution in [0.15, 0.2) is 24.5 Å². The highest BCUT2D eigenvalue weighted by molar-refractivity contribution is 5.81. The van der Waals surface area contributed by atoms with E-state index in [-0.39, 0.29) is 6.61 Å². The zero-order chi connectivity index (χ0) is 19.9. The van der Waals surface area contributed by atoms with E-state index >= 15 is 0 Å². The number of anilines is 3. The van der Waals surface area contributed by atoms with Gasteiger partial charge in [-0.15, -0.1) is 0 Å². The molecule has 1 aromatic heterocycles. The fourth-order valence-corrected chi connectivity index (χ4v) is 4.12. The number of nitriles is 1. The summed E-state index contributed by atoms with van der Waals surface area (Å²) in [5.41, 5.74) is 4.74. The second kappa shape index (κ2) is 9.52. The molecule has 0 aliphatic carbocycles. The summed E-state index contributed by atoms with van der Waals surface area (Å²) in [7, 11) is 0. The highest BCUT2D eigenvalue weighted by Crippen LogP contribution is 2.39. The molecule has 1 aliphatic rings. The summed E-state index contributed by atoms with van der Waals surface area (Å²) >= 11 is 0. The molecule has 1 atom stereocenters. The molecule has 0 saturated carbocycles. The van der Waals surface area contributed by atoms with Gasteiger partial charge in [0.05, 0.1) is 23.0 Å². The van der Waals surface area contributed by atoms with Crippen LogP contribution in [0.5, 0.6) is 0 Å². The van der Waals surface area contributed by atoms with Crippen LogP contribution in [-0.4, -0.2) is 34.3 Å². The number of hydrogen-bond acceptors (Lipinski definition) is 6. The van der Waals surface area contributed by atoms with E-state index in [1.54, 1.807) is 18.5 Å². The van der Waals surface area contributed by atoms with E-state index < -0.39 is 0 Å². The quantitative estimate of drug-likeness (QED) is 0.753. The SMILES string of the molecule is CCCc1cc(N2CCCCC2CCO)c(Nc2ncccn2)c(C)c1C#N. The van der Waals surface area contributed by atoms with E-state index in [9.17, 15) is 10.4 Å². The molecule has 1 unspecified atom stereocenters. The predicted molar refractivity (Wildman–Crippen MR) is 112 cm³/mol. The molecule has 1 fully saturated rings. The Kier molecular flexibility index (Phi) is 6.83. The topological polar surface area (TPSA) is 85.1 Å². The number of rotatable bonds is 7. The largest absolute Gasteiger partial charge is 0.396 e. The first-order chi connectivity index (χ1) is 13.7. The summed E-state index contributed by atoms with van der Waals surface area (Å²) in [6.07, 6.45) is 9.41. The van der Waals surface area contributed by atoms with Gasteiger partial charge in [-0.3, -0.25) is 0 Å². The molecule has 3 rings (SSSR count). The zero-order valence-electron chi connectivity index (χ0n) is 16.8. The highest BCUT2D eigenvalue weighted by Gasteiger charge is 2.27. The standard InChI is InChI=1S/C22H29N5O/c1-3-7-17-14-20(27-12-5-4-8-18(27)9-13-28)21(16(2)19(17)15-23)26-22-24-10-6-11-25-22/h6,10-11,14,18,28H,3-5,7-9,12-13H2,1-2H3,(H,24,25,26). The Labute approximate surface area is 167 Å². The van der Waals surface area contributed by atoms with Gasteiger partial charge in [-0.25, -0.2) is 9.97 Å². The van der Waals surface area contributed by atoms with Gasteiger partial charge < -0.3 is 15.3 Å². The third kappa shape index (κ3) is 4.26. The zero-order valence-corrected chi connectivity index (χ0v) is 16.8. The first kappa shape index (κ1) is 20.1. The average Bonchev–Trinajstić information content (AvgIpc) is 2.72. The number of benzene rings is 1. The molecule has 28 heavy (non-hydrogen) atoms. The summed E-state index contributed by atoms with van der Waals surface area (Å²) in [5.74, 6) is 0.523. The summed E-state index contributed by atoms with van der Waals surface area (Å²) in [5, 5.41) is 22.7. The van der Waals surface area contributed by atoms with Gasteiger partial charge in [-0.1, -0.05) is 13.3 Å². The molecule has 6 nitrogen and oxygen atoms in total. The van der Waals surface area contributed by atoms with Crippen LogP contribution in [0.25, 0.3) is 0 Å². The van der Waals surface area contributed by atoms with Crippen LogP contribution in [0.3, 0.4) is 0 Å². The maximum atomic E-state index is 9.80. The predicted octanol–water partition coefficient (Wildman–Crippen LogP) is 4.09. The van der Waals surface area contributed by atoms with Crippen molar-refractivity contribution in [2.45, 2.75) is 58.4 Å². The number of aryl methyl sites for hydroxylation is 1. The van der Waals surface area contributed by atoms with Crippen molar-refractivity contribution in [1.82, 2.24) is 9.97 Å². The molecule has 1 aliphatic heterocycles. The number of hydrogen-bond donors (Lipinski definition) is 2. The molecule has 2 N–H and O–H groups in total. The molecule has 148 valence electrons. The number of aliphatic hydroxyl groups excluding tert-OH is 1. The number of nitrogens with one attached hydrogen (secondary N) is 1. The number of aromatic nitrogens is 2. The summed E-state index contributed by atoms with van der Waals surface area (Å²) in [6.45, 7) is 5.27. The Hall–Kier alpha value is -2.65. The number of aliphatic hydroxyl groups is 1. The highest BCUT2D eigenvalue weighted by atomic mass is 16.3. The molecule has 0 spiro atoms. The van der Waals surface area contributed by atoms with Gasteiger partial charge in [0.25, 0.3) is 0 Å². The maximum absolute atomic E-state index is 9.80. The van der Waals surface area contributed by atoms with E-state index in [2.05, 4.69) is 39.2 Å². The third-order valence-electron chi connectivity index (χ3n) is 5.47. The molecule has 1 saturated heterocycles. The molecule has 6 heteroatoms. The summed E-state index contributed by atoms with van der Waals surface area (Å²) in [4.78, 5) is 11.0. The van der Waals surface area contributed by atoms with Gasteiger partial charge in [0.15, 0.2) is 0 Å². The van der Waals surface area contributed by atoms with E-state index in [1.807, 2.05) is 6.92 Å². The van der Waals surface area contributed by atoms with Crippen LogP contribution in [0.4, 0.5) is 17.3 Å². The second-order valence-corrected chi connectivity index (χ2v) is 7.34. The van der Waals surface area contributed by atoms with Crippen molar-refractivity contribution in [3.63, 3.8) is 0 Å². The smallest absolute Gasteiger partial charge is 0.227 e. The lowest BCUT2D eigenvalue weighted by Gasteiger charge is -2.39. The Morgan fingerprint density at radius 2 is 2.11 bits per heavy atom. The van der Waals surface area contributed by atoms with Gasteiger partial charge in [0.1, 0.15) is 0 Å². The van der Waals surface area contributed by atoms with E-state index in [1.165, 1.54) is 6.42 Å². The third-order valence-corrected chi connectivity index (χ3v) is 5.47. The van der Waals surface area contributed by atoms with Crippen molar-refractivity contribution in [3.8, 4) is 6.07 Å². The molecule has 0 bridgehead atoms. The van der Waals surface area contributed by atoms with Crippen molar-refractivity contribution in [2.75, 3.05) is 23.4 Å². The van der Waals surface area contributed by atoms with Crippen LogP contribution in [0, 0.1) is 18.3 Å². The van der Waals surface area contributed by atoms with Crippen molar-refractivity contribution in [3.05, 3.63) is 41.2 Å². The number of piperidine rings is 1. The normalized spacial score (nSPS) is 16.6. The minimum Gasteiger partial charge on any atom is -0.396 e. The van der Waals surface area contributed by atoms with E-state index in [4.69, 9.17) is 0 Å². The van der Waals surface area contributed by atoms with Crippen molar-refractivity contribution < 1.29 is 5.11 Å². The van der Waals surface area contributed by atoms with Crippen LogP contribution < -0.4 is 10.2 Å².